The Kier molecular flexibility index (Phi) is 5.00. The van der Waals surface area contributed by atoms with Crippen molar-refractivity contribution < 1.29 is 4.79 Å². The molecule has 0 aromatic carbocycles. The molecule has 2 atom stereocenters. The van der Waals surface area contributed by atoms with Gasteiger partial charge in [0.1, 0.15) is 0 Å². The van der Waals surface area contributed by atoms with E-state index < -0.39 is 0 Å². The zero-order valence-corrected chi connectivity index (χ0v) is 13.7. The second kappa shape index (κ2) is 6.58. The fourth-order valence-electron chi connectivity index (χ4n) is 2.94. The minimum atomic E-state index is -0.125. The summed E-state index contributed by atoms with van der Waals surface area (Å²) in [7, 11) is 3.88. The van der Waals surface area contributed by atoms with E-state index in [0.717, 1.165) is 36.6 Å². The summed E-state index contributed by atoms with van der Waals surface area (Å²) in [6.45, 7) is 7.78. The predicted octanol–water partition coefficient (Wildman–Crippen LogP) is 1.05. The lowest BCUT2D eigenvalue weighted by Gasteiger charge is -2.35. The van der Waals surface area contributed by atoms with Crippen LogP contribution in [0.3, 0.4) is 0 Å². The van der Waals surface area contributed by atoms with Crippen molar-refractivity contribution in [3.63, 3.8) is 0 Å². The first-order chi connectivity index (χ1) is 9.93. The highest BCUT2D eigenvalue weighted by molar-refractivity contribution is 5.95. The largest absolute Gasteiger partial charge is 0.322 e. The molecule has 21 heavy (non-hydrogen) atoms. The van der Waals surface area contributed by atoms with Crippen molar-refractivity contribution in [1.29, 1.82) is 0 Å². The molecule has 118 valence electrons. The highest BCUT2D eigenvalue weighted by Crippen LogP contribution is 2.20. The third-order valence-electron chi connectivity index (χ3n) is 4.55. The fraction of sp³-hybridized carbons (Fsp3) is 0.733. The van der Waals surface area contributed by atoms with Crippen LogP contribution in [-0.2, 0) is 11.8 Å². The number of hydrogen-bond donors (Lipinski definition) is 2. The highest BCUT2D eigenvalue weighted by Gasteiger charge is 2.27. The van der Waals surface area contributed by atoms with E-state index in [4.69, 9.17) is 0 Å². The summed E-state index contributed by atoms with van der Waals surface area (Å²) in [5, 5.41) is 10.7. The van der Waals surface area contributed by atoms with E-state index in [1.165, 1.54) is 6.42 Å². The number of carbonyl (C=O) groups is 1. The van der Waals surface area contributed by atoms with Crippen LogP contribution in [-0.4, -0.2) is 52.8 Å². The van der Waals surface area contributed by atoms with Crippen LogP contribution >= 0.6 is 0 Å². The number of rotatable bonds is 4. The van der Waals surface area contributed by atoms with Crippen LogP contribution in [0.5, 0.6) is 0 Å². The molecule has 6 nitrogen and oxygen atoms in total. The Morgan fingerprint density at radius 1 is 1.43 bits per heavy atom. The van der Waals surface area contributed by atoms with Crippen LogP contribution in [0.2, 0.25) is 0 Å². The minimum absolute atomic E-state index is 0.0472. The van der Waals surface area contributed by atoms with Crippen molar-refractivity contribution in [2.24, 2.45) is 7.05 Å². The number of piperidine rings is 1. The summed E-state index contributed by atoms with van der Waals surface area (Å²) < 4.78 is 1.80. The molecule has 1 aliphatic rings. The molecule has 1 saturated heterocycles. The number of aromatic nitrogens is 2. The maximum Gasteiger partial charge on any atom is 0.241 e. The van der Waals surface area contributed by atoms with Gasteiger partial charge in [0.2, 0.25) is 5.91 Å². The molecule has 2 rings (SSSR count). The Morgan fingerprint density at radius 3 is 2.71 bits per heavy atom. The van der Waals surface area contributed by atoms with E-state index in [0.29, 0.717) is 6.04 Å². The first kappa shape index (κ1) is 16.0. The summed E-state index contributed by atoms with van der Waals surface area (Å²) in [4.78, 5) is 14.8. The van der Waals surface area contributed by atoms with Gasteiger partial charge in [-0.05, 0) is 47.2 Å². The molecule has 2 unspecified atom stereocenters. The van der Waals surface area contributed by atoms with E-state index in [1.807, 2.05) is 34.9 Å². The van der Waals surface area contributed by atoms with Crippen LogP contribution in [0.4, 0.5) is 5.69 Å². The number of nitrogens with one attached hydrogen (secondary N) is 2. The van der Waals surface area contributed by atoms with Crippen LogP contribution in [0.1, 0.15) is 31.2 Å². The lowest BCUT2D eigenvalue weighted by molar-refractivity contribution is -0.121. The molecule has 2 heterocycles. The molecule has 1 aromatic heterocycles. The van der Waals surface area contributed by atoms with E-state index >= 15 is 0 Å². The average molecular weight is 293 g/mol. The van der Waals surface area contributed by atoms with E-state index in [9.17, 15) is 4.79 Å². The summed E-state index contributed by atoms with van der Waals surface area (Å²) >= 11 is 0. The van der Waals surface area contributed by atoms with Crippen molar-refractivity contribution >= 4 is 11.6 Å². The third-order valence-corrected chi connectivity index (χ3v) is 4.55. The first-order valence-corrected chi connectivity index (χ1v) is 7.66. The number of aryl methyl sites for hydroxylation is 2. The van der Waals surface area contributed by atoms with Crippen LogP contribution in [0, 0.1) is 13.8 Å². The van der Waals surface area contributed by atoms with Gasteiger partial charge in [0.05, 0.1) is 23.1 Å². The molecule has 1 fully saturated rings. The lowest BCUT2D eigenvalue weighted by Crippen LogP contribution is -2.51. The Balaban J connectivity index is 2.02. The Labute approximate surface area is 126 Å². The first-order valence-electron chi connectivity index (χ1n) is 7.66. The Hall–Kier alpha value is -1.40. The number of nitrogens with zero attached hydrogens (tertiary/aromatic N) is 3. The number of likely N-dealkylation sites (tertiary alicyclic amines) is 1. The summed E-state index contributed by atoms with van der Waals surface area (Å²) in [6, 6.07) is 0.357. The number of amides is 1. The maximum absolute atomic E-state index is 12.5. The normalized spacial score (nSPS) is 21.3. The van der Waals surface area contributed by atoms with Gasteiger partial charge in [-0.3, -0.25) is 14.4 Å². The zero-order chi connectivity index (χ0) is 15.6. The maximum atomic E-state index is 12.5. The van der Waals surface area contributed by atoms with Gasteiger partial charge < -0.3 is 10.6 Å². The molecule has 2 N–H and O–H groups in total. The summed E-state index contributed by atoms with van der Waals surface area (Å²) in [6.07, 6.45) is 2.32. The van der Waals surface area contributed by atoms with Gasteiger partial charge in [0.25, 0.3) is 0 Å². The van der Waals surface area contributed by atoms with Gasteiger partial charge in [-0.25, -0.2) is 0 Å². The standard InChI is InChI=1S/C15H27N5O/c1-10-14(11(2)19(5)18-10)17-15(21)12(3)20-8-6-7-13(9-20)16-4/h12-13,16H,6-9H2,1-5H3,(H,17,21). The molecular weight excluding hydrogens is 266 g/mol. The highest BCUT2D eigenvalue weighted by atomic mass is 16.2. The van der Waals surface area contributed by atoms with E-state index in [2.05, 4.69) is 20.6 Å². The van der Waals surface area contributed by atoms with Gasteiger partial charge in [0.15, 0.2) is 0 Å². The Bertz CT molecular complexity index is 510. The Morgan fingerprint density at radius 2 is 2.14 bits per heavy atom. The van der Waals surface area contributed by atoms with E-state index in [-0.39, 0.29) is 11.9 Å². The van der Waals surface area contributed by atoms with Crippen molar-refractivity contribution in [3.8, 4) is 0 Å². The zero-order valence-electron chi connectivity index (χ0n) is 13.7. The molecule has 0 spiro atoms. The summed E-state index contributed by atoms with van der Waals surface area (Å²) in [5.74, 6) is 0.0472. The van der Waals surface area contributed by atoms with Gasteiger partial charge in [-0.2, -0.15) is 5.10 Å². The molecule has 0 bridgehead atoms. The molecule has 0 radical (unpaired) electrons. The molecule has 1 aliphatic heterocycles. The second-order valence-corrected chi connectivity index (χ2v) is 5.96. The van der Waals surface area contributed by atoms with Crippen molar-refractivity contribution in [2.75, 3.05) is 25.5 Å². The van der Waals surface area contributed by atoms with Crippen LogP contribution in [0.25, 0.3) is 0 Å². The van der Waals surface area contributed by atoms with Gasteiger partial charge in [0, 0.05) is 19.6 Å². The number of hydrogen-bond acceptors (Lipinski definition) is 4. The molecule has 1 amide bonds. The quantitative estimate of drug-likeness (QED) is 0.871. The molecule has 0 aliphatic carbocycles. The van der Waals surface area contributed by atoms with Crippen LogP contribution < -0.4 is 10.6 Å². The molecule has 0 saturated carbocycles. The topological polar surface area (TPSA) is 62.2 Å². The van der Waals surface area contributed by atoms with Crippen LogP contribution in [0.15, 0.2) is 0 Å². The third kappa shape index (κ3) is 3.44. The smallest absolute Gasteiger partial charge is 0.241 e. The van der Waals surface area contributed by atoms with Gasteiger partial charge in [-0.15, -0.1) is 0 Å². The van der Waals surface area contributed by atoms with Crippen molar-refractivity contribution in [1.82, 2.24) is 20.0 Å². The lowest BCUT2D eigenvalue weighted by atomic mass is 10.0. The fourth-order valence-corrected chi connectivity index (χ4v) is 2.94. The SMILES string of the molecule is CNC1CCCN(C(C)C(=O)Nc2c(C)nn(C)c2C)C1. The van der Waals surface area contributed by atoms with E-state index in [1.54, 1.807) is 4.68 Å². The molecule has 1 aromatic rings. The predicted molar refractivity (Wildman–Crippen MR) is 84.4 cm³/mol. The minimum Gasteiger partial charge on any atom is -0.322 e. The second-order valence-electron chi connectivity index (χ2n) is 5.96. The average Bonchev–Trinajstić information content (AvgIpc) is 2.72. The molecule has 6 heteroatoms. The van der Waals surface area contributed by atoms with Gasteiger partial charge >= 0.3 is 0 Å². The van der Waals surface area contributed by atoms with Crippen molar-refractivity contribution in [3.05, 3.63) is 11.4 Å². The monoisotopic (exact) mass is 293 g/mol. The van der Waals surface area contributed by atoms with Crippen molar-refractivity contribution in [2.45, 2.75) is 45.7 Å². The van der Waals surface area contributed by atoms with Gasteiger partial charge in [-0.1, -0.05) is 0 Å². The number of carbonyl (C=O) groups excluding carboxylic acids is 1. The number of anilines is 1. The number of likely N-dealkylation sites (N-methyl/N-ethyl adjacent to an activating group) is 1. The summed E-state index contributed by atoms with van der Waals surface area (Å²) in [5.41, 5.74) is 2.69. The molecular formula is C15H27N5O.